The third-order valence-corrected chi connectivity index (χ3v) is 8.27. The highest BCUT2D eigenvalue weighted by atomic mass is 32.2. The lowest BCUT2D eigenvalue weighted by molar-refractivity contribution is 0.0894. The Bertz CT molecular complexity index is 1930. The van der Waals surface area contributed by atoms with Gasteiger partial charge >= 0.3 is 5.69 Å². The van der Waals surface area contributed by atoms with Gasteiger partial charge in [-0.3, -0.25) is 9.78 Å². The predicted octanol–water partition coefficient (Wildman–Crippen LogP) is 5.06. The molecule has 4 aromatic carbocycles. The van der Waals surface area contributed by atoms with Gasteiger partial charge in [0.1, 0.15) is 4.90 Å². The van der Waals surface area contributed by atoms with Gasteiger partial charge in [0.25, 0.3) is 10.0 Å². The van der Waals surface area contributed by atoms with Crippen molar-refractivity contribution in [1.82, 2.24) is 13.5 Å². The Morgan fingerprint density at radius 1 is 0.684 bits per heavy atom. The Labute approximate surface area is 218 Å². The van der Waals surface area contributed by atoms with E-state index in [9.17, 15) is 18.0 Å². The van der Waals surface area contributed by atoms with Crippen molar-refractivity contribution in [1.29, 1.82) is 0 Å². The molecule has 0 spiro atoms. The van der Waals surface area contributed by atoms with Gasteiger partial charge in [-0.25, -0.2) is 17.8 Å². The second-order valence-corrected chi connectivity index (χ2v) is 10.6. The van der Waals surface area contributed by atoms with Crippen molar-refractivity contribution in [2.45, 2.75) is 10.8 Å². The number of fused-ring (bicyclic) bond motifs is 2. The van der Waals surface area contributed by atoms with Crippen LogP contribution in [0.5, 0.6) is 0 Å². The molecule has 0 radical (unpaired) electrons. The molecule has 0 amide bonds. The number of imidazole rings is 1. The number of benzene rings is 4. The molecule has 6 rings (SSSR count). The van der Waals surface area contributed by atoms with Crippen LogP contribution < -0.4 is 5.69 Å². The van der Waals surface area contributed by atoms with E-state index in [0.717, 1.165) is 4.57 Å². The number of carbonyl (C=O) groups is 1. The van der Waals surface area contributed by atoms with Crippen LogP contribution in [0.25, 0.3) is 21.9 Å². The molecule has 0 saturated heterocycles. The lowest BCUT2D eigenvalue weighted by Crippen LogP contribution is -2.35. The molecular formula is C30H21N3O4S. The molecule has 0 aliphatic carbocycles. The van der Waals surface area contributed by atoms with Crippen LogP contribution in [-0.2, 0) is 10.0 Å². The van der Waals surface area contributed by atoms with E-state index in [1.807, 2.05) is 60.7 Å². The monoisotopic (exact) mass is 519 g/mol. The van der Waals surface area contributed by atoms with Crippen LogP contribution in [0.2, 0.25) is 0 Å². The number of hydrogen-bond acceptors (Lipinski definition) is 5. The third kappa shape index (κ3) is 3.74. The Hall–Kier alpha value is -4.82. The summed E-state index contributed by atoms with van der Waals surface area (Å²) >= 11 is 0. The molecule has 0 atom stereocenters. The molecule has 0 aliphatic rings. The summed E-state index contributed by atoms with van der Waals surface area (Å²) in [7, 11) is -4.42. The molecule has 0 aliphatic heterocycles. The highest BCUT2D eigenvalue weighted by Crippen LogP contribution is 2.29. The van der Waals surface area contributed by atoms with Crippen molar-refractivity contribution in [2.24, 2.45) is 0 Å². The van der Waals surface area contributed by atoms with Crippen molar-refractivity contribution < 1.29 is 13.2 Å². The van der Waals surface area contributed by atoms with E-state index in [0.29, 0.717) is 20.5 Å². The maximum atomic E-state index is 14.2. The smallest absolute Gasteiger partial charge is 0.273 e. The Morgan fingerprint density at radius 2 is 1.26 bits per heavy atom. The van der Waals surface area contributed by atoms with E-state index < -0.39 is 27.5 Å². The fourth-order valence-electron chi connectivity index (χ4n) is 4.85. The first-order valence-corrected chi connectivity index (χ1v) is 13.4. The fraction of sp³-hybridized carbons (Fsp3) is 0.0333. The first-order valence-electron chi connectivity index (χ1n) is 11.9. The van der Waals surface area contributed by atoms with E-state index in [-0.39, 0.29) is 21.4 Å². The third-order valence-electron chi connectivity index (χ3n) is 6.55. The van der Waals surface area contributed by atoms with Crippen molar-refractivity contribution in [3.63, 3.8) is 0 Å². The first-order chi connectivity index (χ1) is 18.5. The van der Waals surface area contributed by atoms with E-state index in [4.69, 9.17) is 0 Å². The molecule has 0 bridgehead atoms. The van der Waals surface area contributed by atoms with Crippen LogP contribution in [0.3, 0.4) is 0 Å². The quantitative estimate of drug-likeness (QED) is 0.318. The van der Waals surface area contributed by atoms with Gasteiger partial charge in [-0.2, -0.15) is 3.97 Å². The number of pyridine rings is 1. The van der Waals surface area contributed by atoms with Crippen molar-refractivity contribution in [3.8, 4) is 0 Å². The summed E-state index contributed by atoms with van der Waals surface area (Å²) in [4.78, 5) is 32.3. The predicted molar refractivity (Wildman–Crippen MR) is 146 cm³/mol. The molecule has 38 heavy (non-hydrogen) atoms. The van der Waals surface area contributed by atoms with Crippen LogP contribution in [0.1, 0.15) is 21.8 Å². The minimum Gasteiger partial charge on any atom is -0.273 e. The summed E-state index contributed by atoms with van der Waals surface area (Å²) < 4.78 is 29.7. The second-order valence-electron chi connectivity index (χ2n) is 8.80. The first kappa shape index (κ1) is 23.6. The number of aromatic nitrogens is 3. The van der Waals surface area contributed by atoms with Crippen LogP contribution in [0, 0.1) is 0 Å². The molecule has 2 aromatic heterocycles. The molecule has 186 valence electrons. The van der Waals surface area contributed by atoms with Crippen molar-refractivity contribution >= 4 is 37.9 Å². The number of nitrogens with zero attached hydrogens (tertiary/aromatic N) is 3. The summed E-state index contributed by atoms with van der Waals surface area (Å²) in [5, 5.41) is 0.620. The van der Waals surface area contributed by atoms with Gasteiger partial charge in [0.15, 0.2) is 0 Å². The normalized spacial score (nSPS) is 11.8. The van der Waals surface area contributed by atoms with Gasteiger partial charge in [0.2, 0.25) is 5.91 Å². The second kappa shape index (κ2) is 9.24. The van der Waals surface area contributed by atoms with E-state index >= 15 is 0 Å². The van der Waals surface area contributed by atoms with Crippen LogP contribution >= 0.6 is 0 Å². The van der Waals surface area contributed by atoms with Crippen LogP contribution in [0.4, 0.5) is 0 Å². The minimum atomic E-state index is -4.42. The molecule has 0 saturated carbocycles. The average molecular weight is 520 g/mol. The Morgan fingerprint density at radius 3 is 1.92 bits per heavy atom. The highest BCUT2D eigenvalue weighted by Gasteiger charge is 2.32. The summed E-state index contributed by atoms with van der Waals surface area (Å²) in [6.07, 6.45) is 1.50. The molecule has 8 heteroatoms. The maximum absolute atomic E-state index is 14.2. The highest BCUT2D eigenvalue weighted by molar-refractivity contribution is 7.90. The topological polar surface area (TPSA) is 91.0 Å². The standard InChI is InChI=1S/C30H21N3O4S/c34-29(27(21-11-3-1-4-12-21)22-13-5-2-6-14-22)32-24-17-7-8-18-25(24)33(30(32)35)38(36,37)26-19-9-15-23-16-10-20-31-28(23)26/h1-20,27H. The molecule has 6 aromatic rings. The summed E-state index contributed by atoms with van der Waals surface area (Å²) in [5.74, 6) is -1.37. The average Bonchev–Trinajstić information content (AvgIpc) is 3.26. The molecular weight excluding hydrogens is 498 g/mol. The van der Waals surface area contributed by atoms with Gasteiger partial charge in [0.05, 0.1) is 22.5 Å². The van der Waals surface area contributed by atoms with E-state index in [1.54, 1.807) is 42.5 Å². The van der Waals surface area contributed by atoms with Gasteiger partial charge in [-0.05, 0) is 35.4 Å². The number of para-hydroxylation sites is 3. The van der Waals surface area contributed by atoms with E-state index in [1.165, 1.54) is 18.3 Å². The lowest BCUT2D eigenvalue weighted by Gasteiger charge is -2.17. The molecule has 0 N–H and O–H groups in total. The summed E-state index contributed by atoms with van der Waals surface area (Å²) in [6.45, 7) is 0. The Balaban J connectivity index is 1.62. The van der Waals surface area contributed by atoms with E-state index in [2.05, 4.69) is 4.98 Å². The number of rotatable bonds is 5. The summed E-state index contributed by atoms with van der Waals surface area (Å²) in [6, 6.07) is 32.9. The largest absolute Gasteiger partial charge is 0.350 e. The molecule has 2 heterocycles. The maximum Gasteiger partial charge on any atom is 0.350 e. The van der Waals surface area contributed by atoms with Gasteiger partial charge in [-0.1, -0.05) is 91.0 Å². The SMILES string of the molecule is O=C(C(c1ccccc1)c1ccccc1)n1c(=O)n(S(=O)(=O)c2cccc3cccnc23)c2ccccc21. The van der Waals surface area contributed by atoms with Gasteiger partial charge in [-0.15, -0.1) is 0 Å². The molecule has 0 fully saturated rings. The zero-order valence-electron chi connectivity index (χ0n) is 20.0. The summed E-state index contributed by atoms with van der Waals surface area (Å²) in [5.41, 5.74) is 0.981. The van der Waals surface area contributed by atoms with Gasteiger partial charge < -0.3 is 0 Å². The lowest BCUT2D eigenvalue weighted by atomic mass is 9.90. The van der Waals surface area contributed by atoms with Crippen LogP contribution in [-0.4, -0.2) is 27.8 Å². The number of hydrogen-bond donors (Lipinski definition) is 0. The van der Waals surface area contributed by atoms with Crippen molar-refractivity contribution in [3.05, 3.63) is 143 Å². The fourth-order valence-corrected chi connectivity index (χ4v) is 6.41. The van der Waals surface area contributed by atoms with Gasteiger partial charge in [0, 0.05) is 11.6 Å². The molecule has 0 unspecified atom stereocenters. The van der Waals surface area contributed by atoms with Crippen LogP contribution in [0.15, 0.2) is 131 Å². The zero-order valence-corrected chi connectivity index (χ0v) is 20.8. The zero-order chi connectivity index (χ0) is 26.3. The number of carbonyl (C=O) groups excluding carboxylic acids is 1. The minimum absolute atomic E-state index is 0.110. The molecule has 7 nitrogen and oxygen atoms in total. The Kier molecular flexibility index (Phi) is 5.73. The van der Waals surface area contributed by atoms with Crippen molar-refractivity contribution in [2.75, 3.05) is 0 Å².